The third-order valence-electron chi connectivity index (χ3n) is 1.37. The first kappa shape index (κ1) is 8.04. The Morgan fingerprint density at radius 1 is 1.90 bits per heavy atom. The van der Waals surface area contributed by atoms with Crippen LogP contribution < -0.4 is 11.1 Å². The number of quaternary nitrogens is 2. The lowest BCUT2D eigenvalue weighted by Gasteiger charge is -1.87. The molecular weight excluding hydrogens is 146 g/mol. The van der Waals surface area contributed by atoms with Crippen LogP contribution in [0.1, 0.15) is 6.92 Å². The van der Waals surface area contributed by atoms with Gasteiger partial charge in [-0.05, 0) is 18.7 Å². The van der Waals surface area contributed by atoms with Crippen LogP contribution in [0.4, 0.5) is 0 Å². The van der Waals surface area contributed by atoms with Crippen molar-refractivity contribution in [1.29, 1.82) is 0 Å². The summed E-state index contributed by atoms with van der Waals surface area (Å²) in [5.74, 6) is 0. The normalized spacial score (nSPS) is 29.8. The predicted molar refractivity (Wildman–Crippen MR) is 43.9 cm³/mol. The summed E-state index contributed by atoms with van der Waals surface area (Å²) in [5, 5.41) is 4.17. The Morgan fingerprint density at radius 3 is 3.20 bits per heavy atom. The molecule has 0 aromatic carbocycles. The van der Waals surface area contributed by atoms with E-state index in [-0.39, 0.29) is 0 Å². The molecule has 4 heteroatoms. The fourth-order valence-electron chi connectivity index (χ4n) is 0.860. The number of hydrogen-bond donors (Lipinski definition) is 2. The van der Waals surface area contributed by atoms with Crippen molar-refractivity contribution in [3.63, 3.8) is 0 Å². The van der Waals surface area contributed by atoms with E-state index in [9.17, 15) is 0 Å². The van der Waals surface area contributed by atoms with Crippen LogP contribution in [0.5, 0.6) is 0 Å². The molecule has 0 spiro atoms. The van der Waals surface area contributed by atoms with E-state index in [0.29, 0.717) is 0 Å². The fourth-order valence-corrected chi connectivity index (χ4v) is 1.82. The van der Waals surface area contributed by atoms with Crippen LogP contribution in [-0.4, -0.2) is 30.1 Å². The third kappa shape index (κ3) is 2.28. The average molecular weight is 161 g/mol. The Balaban J connectivity index is 2.29. The highest BCUT2D eigenvalue weighted by Crippen LogP contribution is 2.11. The van der Waals surface area contributed by atoms with Gasteiger partial charge in [-0.3, -0.25) is 5.32 Å². The van der Waals surface area contributed by atoms with Gasteiger partial charge >= 0.3 is 0 Å². The molecule has 1 aliphatic rings. The van der Waals surface area contributed by atoms with Crippen molar-refractivity contribution in [2.75, 3.05) is 19.6 Å². The molecule has 1 fully saturated rings. The van der Waals surface area contributed by atoms with Crippen molar-refractivity contribution in [3.8, 4) is 0 Å². The van der Waals surface area contributed by atoms with Gasteiger partial charge in [-0.15, -0.1) is 0 Å². The van der Waals surface area contributed by atoms with Crippen LogP contribution in [0, 0.1) is 0 Å². The second-order valence-electron chi connectivity index (χ2n) is 2.44. The first-order chi connectivity index (χ1) is 4.83. The molecule has 1 unspecified atom stereocenters. The van der Waals surface area contributed by atoms with Gasteiger partial charge in [-0.2, -0.15) is 0 Å². The Kier molecular flexibility index (Phi) is 3.18. The zero-order chi connectivity index (χ0) is 7.40. The van der Waals surface area contributed by atoms with Gasteiger partial charge in [0.25, 0.3) is 5.17 Å². The lowest BCUT2D eigenvalue weighted by molar-refractivity contribution is -0.528. The van der Waals surface area contributed by atoms with Gasteiger partial charge in [0.1, 0.15) is 0 Å². The molecule has 1 aliphatic heterocycles. The minimum absolute atomic E-state index is 0.739. The minimum Gasteiger partial charge on any atom is -0.356 e. The number of nitrogens with zero attached hydrogens (tertiary/aromatic N) is 1. The molecule has 1 rings (SSSR count). The smallest absolute Gasteiger partial charge is 0.256 e. The standard InChI is InChI=1S/C6H13N3S/c1-5-4-9-6(10-5)8-3-2-7/h5H,2-4,7H2,1H3,(H,8,9)/p+2. The van der Waals surface area contributed by atoms with Crippen LogP contribution in [-0.2, 0) is 0 Å². The highest BCUT2D eigenvalue weighted by molar-refractivity contribution is 8.14. The largest absolute Gasteiger partial charge is 0.356 e. The molecule has 0 aromatic rings. The van der Waals surface area contributed by atoms with Crippen molar-refractivity contribution in [2.24, 2.45) is 4.99 Å². The second-order valence-corrected chi connectivity index (χ2v) is 3.90. The van der Waals surface area contributed by atoms with E-state index in [0.717, 1.165) is 18.3 Å². The van der Waals surface area contributed by atoms with E-state index < -0.39 is 0 Å². The summed E-state index contributed by atoms with van der Waals surface area (Å²) < 4.78 is 0. The van der Waals surface area contributed by atoms with Crippen LogP contribution in [0.25, 0.3) is 0 Å². The van der Waals surface area contributed by atoms with E-state index in [1.54, 1.807) is 0 Å². The van der Waals surface area contributed by atoms with Crippen molar-refractivity contribution in [2.45, 2.75) is 12.2 Å². The van der Waals surface area contributed by atoms with Crippen LogP contribution >= 0.6 is 11.8 Å². The van der Waals surface area contributed by atoms with E-state index in [1.165, 1.54) is 11.7 Å². The number of rotatable bonds is 2. The SMILES string of the molecule is CC1C[NH2+]C(=NCC[NH3+])S1. The lowest BCUT2D eigenvalue weighted by atomic mass is 10.5. The average Bonchev–Trinajstić information content (AvgIpc) is 2.31. The number of aliphatic imine (C=N–C) groups is 1. The molecule has 1 heterocycles. The minimum atomic E-state index is 0.739. The Labute approximate surface area is 65.5 Å². The summed E-state index contributed by atoms with van der Waals surface area (Å²) in [6, 6.07) is 0. The van der Waals surface area contributed by atoms with E-state index in [1.807, 2.05) is 11.8 Å². The highest BCUT2D eigenvalue weighted by atomic mass is 32.2. The van der Waals surface area contributed by atoms with Gasteiger partial charge in [0, 0.05) is 0 Å². The quantitative estimate of drug-likeness (QED) is 0.497. The fraction of sp³-hybridized carbons (Fsp3) is 0.833. The van der Waals surface area contributed by atoms with Crippen LogP contribution in [0.15, 0.2) is 4.99 Å². The molecule has 0 aliphatic carbocycles. The van der Waals surface area contributed by atoms with Gasteiger partial charge in [-0.1, -0.05) is 0 Å². The number of amidine groups is 1. The highest BCUT2D eigenvalue weighted by Gasteiger charge is 2.20. The molecule has 58 valence electrons. The second kappa shape index (κ2) is 3.95. The Hall–Kier alpha value is -0.0600. The molecule has 5 N–H and O–H groups in total. The summed E-state index contributed by atoms with van der Waals surface area (Å²) in [5.41, 5.74) is 3.74. The van der Waals surface area contributed by atoms with Gasteiger partial charge in [0.2, 0.25) is 0 Å². The van der Waals surface area contributed by atoms with Gasteiger partial charge < -0.3 is 5.73 Å². The van der Waals surface area contributed by atoms with Crippen molar-refractivity contribution >= 4 is 16.9 Å². The lowest BCUT2D eigenvalue weighted by Crippen LogP contribution is -2.84. The molecule has 10 heavy (non-hydrogen) atoms. The van der Waals surface area contributed by atoms with Gasteiger partial charge in [0.15, 0.2) is 0 Å². The summed E-state index contributed by atoms with van der Waals surface area (Å²) in [4.78, 5) is 4.35. The summed E-state index contributed by atoms with van der Waals surface area (Å²) in [6.07, 6.45) is 0. The van der Waals surface area contributed by atoms with Gasteiger partial charge in [-0.25, -0.2) is 4.99 Å². The summed E-state index contributed by atoms with van der Waals surface area (Å²) in [7, 11) is 0. The molecule has 0 amide bonds. The third-order valence-corrected chi connectivity index (χ3v) is 2.50. The predicted octanol–water partition coefficient (Wildman–Crippen LogP) is -1.72. The first-order valence-corrected chi connectivity index (χ1v) is 4.54. The first-order valence-electron chi connectivity index (χ1n) is 3.66. The molecule has 3 nitrogen and oxygen atoms in total. The van der Waals surface area contributed by atoms with Crippen molar-refractivity contribution in [3.05, 3.63) is 0 Å². The van der Waals surface area contributed by atoms with E-state index >= 15 is 0 Å². The Morgan fingerprint density at radius 2 is 2.70 bits per heavy atom. The van der Waals surface area contributed by atoms with Crippen molar-refractivity contribution < 1.29 is 11.1 Å². The molecule has 0 saturated carbocycles. The van der Waals surface area contributed by atoms with Crippen LogP contribution in [0.2, 0.25) is 0 Å². The molecule has 0 radical (unpaired) electrons. The van der Waals surface area contributed by atoms with Gasteiger partial charge in [0.05, 0.1) is 24.9 Å². The van der Waals surface area contributed by atoms with Crippen LogP contribution in [0.3, 0.4) is 0 Å². The Bertz CT molecular complexity index is 135. The zero-order valence-corrected chi connectivity index (χ0v) is 7.16. The molecule has 0 bridgehead atoms. The topological polar surface area (TPSA) is 56.6 Å². The number of hydrogen-bond acceptors (Lipinski definition) is 2. The maximum atomic E-state index is 4.35. The van der Waals surface area contributed by atoms with E-state index in [4.69, 9.17) is 0 Å². The monoisotopic (exact) mass is 161 g/mol. The maximum absolute atomic E-state index is 4.35. The molecule has 1 atom stereocenters. The molecule has 0 aromatic heterocycles. The number of thioether (sulfide) groups is 1. The molecular formula is C6H15N3S+2. The zero-order valence-electron chi connectivity index (χ0n) is 6.34. The maximum Gasteiger partial charge on any atom is 0.256 e. The summed E-state index contributed by atoms with van der Waals surface area (Å²) >= 11 is 1.87. The van der Waals surface area contributed by atoms with Crippen molar-refractivity contribution in [1.82, 2.24) is 0 Å². The molecule has 1 saturated heterocycles. The van der Waals surface area contributed by atoms with E-state index in [2.05, 4.69) is 23.0 Å². The number of nitrogens with two attached hydrogens (primary N) is 1. The summed E-state index contributed by atoms with van der Waals surface area (Å²) in [6.45, 7) is 5.20.